The van der Waals surface area contributed by atoms with Gasteiger partial charge in [-0.2, -0.15) is 0 Å². The van der Waals surface area contributed by atoms with Crippen LogP contribution in [0.5, 0.6) is 5.75 Å². The van der Waals surface area contributed by atoms with Crippen LogP contribution in [0.2, 0.25) is 0 Å². The highest BCUT2D eigenvalue weighted by Gasteiger charge is 2.22. The Morgan fingerprint density at radius 3 is 2.83 bits per heavy atom. The normalized spacial score (nSPS) is 15.7. The first-order valence-electron chi connectivity index (χ1n) is 8.16. The van der Waals surface area contributed by atoms with Crippen molar-refractivity contribution in [1.82, 2.24) is 19.9 Å². The quantitative estimate of drug-likeness (QED) is 0.804. The minimum absolute atomic E-state index is 0.402. The van der Waals surface area contributed by atoms with E-state index < -0.39 is 0 Å². The molecule has 6 heteroatoms. The van der Waals surface area contributed by atoms with Crippen LogP contribution in [-0.4, -0.2) is 34.7 Å². The summed E-state index contributed by atoms with van der Waals surface area (Å²) in [6, 6.07) is 8.40. The van der Waals surface area contributed by atoms with Gasteiger partial charge in [-0.05, 0) is 30.5 Å². The van der Waals surface area contributed by atoms with Gasteiger partial charge in [-0.25, -0.2) is 15.3 Å². The van der Waals surface area contributed by atoms with E-state index in [2.05, 4.69) is 32.1 Å². The number of hydrogen-bond donors (Lipinski definition) is 1. The first-order valence-corrected chi connectivity index (χ1v) is 8.16. The minimum Gasteiger partial charge on any atom is -0.497 e. The molecule has 6 nitrogen and oxygen atoms in total. The molecule has 1 aromatic carbocycles. The fourth-order valence-corrected chi connectivity index (χ4v) is 3.41. The second kappa shape index (κ2) is 6.13. The molecular weight excluding hydrogens is 302 g/mol. The van der Waals surface area contributed by atoms with Crippen LogP contribution in [-0.2, 0) is 0 Å². The molecule has 1 aliphatic heterocycles. The number of benzene rings is 1. The van der Waals surface area contributed by atoms with Crippen molar-refractivity contribution in [2.75, 3.05) is 25.9 Å². The van der Waals surface area contributed by atoms with E-state index in [0.29, 0.717) is 11.9 Å². The largest absolute Gasteiger partial charge is 0.497 e. The molecule has 3 heterocycles. The molecule has 3 aromatic rings. The fraction of sp³-hybridized carbons (Fsp3) is 0.333. The van der Waals surface area contributed by atoms with Gasteiger partial charge in [0.2, 0.25) is 0 Å². The van der Waals surface area contributed by atoms with Crippen molar-refractivity contribution in [3.8, 4) is 16.9 Å². The van der Waals surface area contributed by atoms with E-state index in [1.165, 1.54) is 6.33 Å². The average Bonchev–Trinajstić information content (AvgIpc) is 3.04. The second-order valence-electron chi connectivity index (χ2n) is 6.04. The van der Waals surface area contributed by atoms with Crippen LogP contribution in [0.3, 0.4) is 0 Å². The summed E-state index contributed by atoms with van der Waals surface area (Å²) in [6.45, 7) is 1.80. The lowest BCUT2D eigenvalue weighted by atomic mass is 10.1. The Kier molecular flexibility index (Phi) is 3.82. The highest BCUT2D eigenvalue weighted by Crippen LogP contribution is 2.36. The number of anilines is 1. The summed E-state index contributed by atoms with van der Waals surface area (Å²) < 4.78 is 7.61. The van der Waals surface area contributed by atoms with Crippen molar-refractivity contribution < 1.29 is 4.74 Å². The number of rotatable bonds is 3. The van der Waals surface area contributed by atoms with Crippen molar-refractivity contribution >= 4 is 16.9 Å². The second-order valence-corrected chi connectivity index (χ2v) is 6.04. The highest BCUT2D eigenvalue weighted by atomic mass is 16.5. The number of nitrogens with two attached hydrogens (primary N) is 1. The molecule has 1 aliphatic rings. The van der Waals surface area contributed by atoms with E-state index in [1.807, 2.05) is 18.2 Å². The van der Waals surface area contributed by atoms with Crippen molar-refractivity contribution in [3.05, 3.63) is 36.8 Å². The van der Waals surface area contributed by atoms with Gasteiger partial charge in [0.1, 0.15) is 23.5 Å². The van der Waals surface area contributed by atoms with Gasteiger partial charge in [0.25, 0.3) is 0 Å². The molecule has 123 valence electrons. The van der Waals surface area contributed by atoms with Crippen LogP contribution in [0.1, 0.15) is 18.9 Å². The van der Waals surface area contributed by atoms with Crippen LogP contribution in [0.15, 0.2) is 36.8 Å². The van der Waals surface area contributed by atoms with Crippen molar-refractivity contribution in [2.45, 2.75) is 18.9 Å². The lowest BCUT2D eigenvalue weighted by molar-refractivity contribution is 0.370. The molecule has 0 aliphatic carbocycles. The summed E-state index contributed by atoms with van der Waals surface area (Å²) in [5.74, 6) is 1.33. The lowest BCUT2D eigenvalue weighted by Gasteiger charge is -2.23. The van der Waals surface area contributed by atoms with E-state index in [-0.39, 0.29) is 0 Å². The Labute approximate surface area is 140 Å². The molecule has 1 radical (unpaired) electrons. The molecule has 0 saturated carbocycles. The third kappa shape index (κ3) is 2.49. The van der Waals surface area contributed by atoms with Gasteiger partial charge in [0.05, 0.1) is 12.5 Å². The summed E-state index contributed by atoms with van der Waals surface area (Å²) in [6.07, 6.45) is 5.76. The lowest BCUT2D eigenvalue weighted by Crippen LogP contribution is -2.24. The van der Waals surface area contributed by atoms with Gasteiger partial charge >= 0.3 is 0 Å². The summed E-state index contributed by atoms with van der Waals surface area (Å²) in [5, 5.41) is 5.36. The summed E-state index contributed by atoms with van der Waals surface area (Å²) >= 11 is 0. The van der Waals surface area contributed by atoms with E-state index >= 15 is 0 Å². The highest BCUT2D eigenvalue weighted by molar-refractivity contribution is 6.00. The maximum atomic E-state index is 6.19. The monoisotopic (exact) mass is 322 g/mol. The third-order valence-corrected chi connectivity index (χ3v) is 4.65. The molecule has 24 heavy (non-hydrogen) atoms. The Morgan fingerprint density at radius 2 is 2.04 bits per heavy atom. The summed E-state index contributed by atoms with van der Waals surface area (Å²) in [7, 11) is 1.67. The zero-order chi connectivity index (χ0) is 16.5. The van der Waals surface area contributed by atoms with Crippen molar-refractivity contribution in [2.24, 2.45) is 0 Å². The molecule has 0 amide bonds. The van der Waals surface area contributed by atoms with Gasteiger partial charge in [0, 0.05) is 30.9 Å². The van der Waals surface area contributed by atoms with E-state index in [0.717, 1.165) is 53.8 Å². The third-order valence-electron chi connectivity index (χ3n) is 4.65. The molecule has 0 spiro atoms. The van der Waals surface area contributed by atoms with Crippen molar-refractivity contribution in [3.63, 3.8) is 0 Å². The van der Waals surface area contributed by atoms with Crippen LogP contribution in [0, 0.1) is 0 Å². The number of nitrogen functional groups attached to an aromatic ring is 1. The van der Waals surface area contributed by atoms with E-state index in [4.69, 9.17) is 10.5 Å². The van der Waals surface area contributed by atoms with Crippen molar-refractivity contribution in [1.29, 1.82) is 0 Å². The van der Waals surface area contributed by atoms with Crippen LogP contribution in [0.4, 0.5) is 5.82 Å². The van der Waals surface area contributed by atoms with Gasteiger partial charge in [-0.15, -0.1) is 0 Å². The molecule has 4 rings (SSSR count). The topological polar surface area (TPSA) is 80.1 Å². The first-order chi connectivity index (χ1) is 11.8. The van der Waals surface area contributed by atoms with E-state index in [1.54, 1.807) is 7.11 Å². The number of nitrogens with zero attached hydrogens (tertiary/aromatic N) is 4. The molecule has 2 aromatic heterocycles. The molecule has 0 unspecified atom stereocenters. The SMILES string of the molecule is COc1cccc(-c2cn(C3CC[N]CC3)c3ncnc(N)c23)c1. The Hall–Kier alpha value is -2.60. The number of ether oxygens (including phenoxy) is 1. The van der Waals surface area contributed by atoms with Crippen LogP contribution < -0.4 is 15.8 Å². The summed E-state index contributed by atoms with van der Waals surface area (Å²) in [5.41, 5.74) is 9.19. The number of fused-ring (bicyclic) bond motifs is 1. The zero-order valence-electron chi connectivity index (χ0n) is 13.6. The Bertz CT molecular complexity index is 867. The molecular formula is C18H20N5O. The van der Waals surface area contributed by atoms with Gasteiger partial charge in [0.15, 0.2) is 0 Å². The zero-order valence-corrected chi connectivity index (χ0v) is 13.6. The number of hydrogen-bond acceptors (Lipinski definition) is 4. The predicted octanol–water partition coefficient (Wildman–Crippen LogP) is 2.63. The predicted molar refractivity (Wildman–Crippen MR) is 94.1 cm³/mol. The average molecular weight is 322 g/mol. The number of aromatic nitrogens is 3. The molecule has 1 saturated heterocycles. The van der Waals surface area contributed by atoms with E-state index in [9.17, 15) is 0 Å². The number of methoxy groups -OCH3 is 1. The molecule has 1 fully saturated rings. The summed E-state index contributed by atoms with van der Waals surface area (Å²) in [4.78, 5) is 8.71. The van der Waals surface area contributed by atoms with Gasteiger partial charge < -0.3 is 15.0 Å². The maximum absolute atomic E-state index is 6.19. The standard InChI is InChI=1S/C18H20N5O/c1-24-14-4-2-3-12(9-14)15-10-23(13-5-7-20-8-6-13)18-16(15)17(19)21-11-22-18/h2-4,9-11,13H,5-8H2,1H3,(H2,19,21,22). The molecule has 0 atom stereocenters. The minimum atomic E-state index is 0.402. The first kappa shape index (κ1) is 15.0. The fourth-order valence-electron chi connectivity index (χ4n) is 3.41. The molecule has 2 N–H and O–H groups in total. The molecule has 0 bridgehead atoms. The smallest absolute Gasteiger partial charge is 0.146 e. The van der Waals surface area contributed by atoms with Crippen LogP contribution in [0.25, 0.3) is 22.2 Å². The van der Waals surface area contributed by atoms with Gasteiger partial charge in [-0.1, -0.05) is 12.1 Å². The Balaban J connectivity index is 1.91. The Morgan fingerprint density at radius 1 is 1.21 bits per heavy atom. The maximum Gasteiger partial charge on any atom is 0.146 e. The van der Waals surface area contributed by atoms with Gasteiger partial charge in [-0.3, -0.25) is 0 Å². The number of piperidine rings is 1. The van der Waals surface area contributed by atoms with Crippen LogP contribution >= 0.6 is 0 Å².